The van der Waals surface area contributed by atoms with Crippen LogP contribution in [0.5, 0.6) is 0 Å². The number of halogens is 2. The Balaban J connectivity index is 1.87. The molecule has 4 heteroatoms. The van der Waals surface area contributed by atoms with Gasteiger partial charge in [-0.25, -0.2) is 8.78 Å². The zero-order valence-electron chi connectivity index (χ0n) is 11.8. The molecule has 110 valence electrons. The summed E-state index contributed by atoms with van der Waals surface area (Å²) in [7, 11) is 0. The number of amides is 1. The lowest BCUT2D eigenvalue weighted by Crippen LogP contribution is -2.29. The van der Waals surface area contributed by atoms with Crippen LogP contribution in [0.4, 0.5) is 8.78 Å². The summed E-state index contributed by atoms with van der Waals surface area (Å²) in [4.78, 5) is 12.0. The van der Waals surface area contributed by atoms with E-state index in [9.17, 15) is 13.6 Å². The van der Waals surface area contributed by atoms with E-state index in [1.807, 2.05) is 0 Å². The van der Waals surface area contributed by atoms with Gasteiger partial charge in [-0.1, -0.05) is 25.3 Å². The number of nitrogens with one attached hydrogen (secondary N) is 1. The molecule has 1 aromatic carbocycles. The van der Waals surface area contributed by atoms with Crippen LogP contribution >= 0.6 is 0 Å². The van der Waals surface area contributed by atoms with Gasteiger partial charge in [-0.15, -0.1) is 0 Å². The van der Waals surface area contributed by atoms with E-state index >= 15 is 0 Å². The Hall–Kier alpha value is -1.45. The molecule has 0 bridgehead atoms. The van der Waals surface area contributed by atoms with E-state index in [4.69, 9.17) is 0 Å². The summed E-state index contributed by atoms with van der Waals surface area (Å²) in [5.41, 5.74) is 0.584. The van der Waals surface area contributed by atoms with Crippen LogP contribution in [0.25, 0.3) is 0 Å². The second kappa shape index (κ2) is 6.82. The minimum Gasteiger partial charge on any atom is -0.350 e. The van der Waals surface area contributed by atoms with Crippen LogP contribution in [-0.4, -0.2) is 5.91 Å². The summed E-state index contributed by atoms with van der Waals surface area (Å²) >= 11 is 0. The van der Waals surface area contributed by atoms with Gasteiger partial charge in [-0.3, -0.25) is 4.79 Å². The number of carbonyl (C=O) groups is 1. The number of carbonyl (C=O) groups excluding carboxylic acids is 1. The van der Waals surface area contributed by atoms with Crippen molar-refractivity contribution in [3.63, 3.8) is 0 Å². The third-order valence-corrected chi connectivity index (χ3v) is 4.02. The Labute approximate surface area is 118 Å². The van der Waals surface area contributed by atoms with Gasteiger partial charge >= 0.3 is 0 Å². The molecule has 1 N–H and O–H groups in total. The largest absolute Gasteiger partial charge is 0.350 e. The molecule has 1 unspecified atom stereocenters. The first-order valence-electron chi connectivity index (χ1n) is 7.30. The van der Waals surface area contributed by atoms with Crippen LogP contribution in [-0.2, 0) is 4.79 Å². The molecular weight excluding hydrogens is 260 g/mol. The molecule has 1 atom stereocenters. The topological polar surface area (TPSA) is 29.1 Å². The minimum atomic E-state index is -0.879. The highest BCUT2D eigenvalue weighted by atomic mass is 19.2. The maximum absolute atomic E-state index is 13.2. The zero-order chi connectivity index (χ0) is 14.5. The van der Waals surface area contributed by atoms with Crippen molar-refractivity contribution in [2.45, 2.75) is 51.5 Å². The average Bonchev–Trinajstić information content (AvgIpc) is 2.42. The van der Waals surface area contributed by atoms with Crippen molar-refractivity contribution in [2.24, 2.45) is 5.92 Å². The SMILES string of the molecule is CC(NC(=O)CC1CCCCC1)c1ccc(F)c(F)c1. The Bertz CT molecular complexity index is 470. The molecule has 2 nitrogen and oxygen atoms in total. The fourth-order valence-corrected chi connectivity index (χ4v) is 2.82. The molecule has 1 amide bonds. The van der Waals surface area contributed by atoms with Crippen LogP contribution in [0.2, 0.25) is 0 Å². The second-order valence-electron chi connectivity index (χ2n) is 5.67. The van der Waals surface area contributed by atoms with Crippen LogP contribution in [0, 0.1) is 17.6 Å². The predicted octanol–water partition coefficient (Wildman–Crippen LogP) is 4.11. The minimum absolute atomic E-state index is 0.00543. The zero-order valence-corrected chi connectivity index (χ0v) is 11.8. The van der Waals surface area contributed by atoms with E-state index in [-0.39, 0.29) is 11.9 Å². The summed E-state index contributed by atoms with van der Waals surface area (Å²) in [6, 6.07) is 3.43. The van der Waals surface area contributed by atoms with Gasteiger partial charge in [0.1, 0.15) is 0 Å². The van der Waals surface area contributed by atoms with Gasteiger partial charge in [-0.05, 0) is 43.4 Å². The lowest BCUT2D eigenvalue weighted by Gasteiger charge is -2.22. The molecule has 0 aromatic heterocycles. The highest BCUT2D eigenvalue weighted by Gasteiger charge is 2.18. The van der Waals surface area contributed by atoms with Gasteiger partial charge in [0.15, 0.2) is 11.6 Å². The average molecular weight is 281 g/mol. The van der Waals surface area contributed by atoms with E-state index in [2.05, 4.69) is 5.32 Å². The molecule has 0 saturated heterocycles. The maximum atomic E-state index is 13.2. The van der Waals surface area contributed by atoms with Crippen molar-refractivity contribution >= 4 is 5.91 Å². The highest BCUT2D eigenvalue weighted by Crippen LogP contribution is 2.26. The summed E-state index contributed by atoms with van der Waals surface area (Å²) in [6.07, 6.45) is 6.45. The van der Waals surface area contributed by atoms with Gasteiger partial charge < -0.3 is 5.32 Å². The molecule has 1 aliphatic rings. The molecule has 0 aliphatic heterocycles. The predicted molar refractivity (Wildman–Crippen MR) is 74.1 cm³/mol. The summed E-state index contributed by atoms with van der Waals surface area (Å²) in [5, 5.41) is 2.86. The Kier molecular flexibility index (Phi) is 5.10. The van der Waals surface area contributed by atoms with E-state index in [1.54, 1.807) is 6.92 Å². The number of benzene rings is 1. The normalized spacial score (nSPS) is 17.8. The molecule has 0 spiro atoms. The second-order valence-corrected chi connectivity index (χ2v) is 5.67. The molecule has 1 aromatic rings. The van der Waals surface area contributed by atoms with E-state index in [0.29, 0.717) is 17.9 Å². The Morgan fingerprint density at radius 3 is 2.60 bits per heavy atom. The Morgan fingerprint density at radius 2 is 1.95 bits per heavy atom. The smallest absolute Gasteiger partial charge is 0.220 e. The van der Waals surface area contributed by atoms with Gasteiger partial charge in [-0.2, -0.15) is 0 Å². The molecule has 1 saturated carbocycles. The summed E-state index contributed by atoms with van der Waals surface area (Å²) in [6.45, 7) is 1.78. The van der Waals surface area contributed by atoms with Crippen molar-refractivity contribution in [2.75, 3.05) is 0 Å². The van der Waals surface area contributed by atoms with Crippen molar-refractivity contribution in [3.8, 4) is 0 Å². The van der Waals surface area contributed by atoms with E-state index < -0.39 is 11.6 Å². The van der Waals surface area contributed by atoms with Crippen LogP contribution < -0.4 is 5.32 Å². The first-order chi connectivity index (χ1) is 9.56. The summed E-state index contributed by atoms with van der Waals surface area (Å²) in [5.74, 6) is -1.28. The molecule has 20 heavy (non-hydrogen) atoms. The van der Waals surface area contributed by atoms with Gasteiger partial charge in [0, 0.05) is 6.42 Å². The number of rotatable bonds is 4. The molecule has 0 heterocycles. The van der Waals surface area contributed by atoms with Crippen LogP contribution in [0.15, 0.2) is 18.2 Å². The standard InChI is InChI=1S/C16H21F2NO/c1-11(13-7-8-14(17)15(18)10-13)19-16(20)9-12-5-3-2-4-6-12/h7-8,10-12H,2-6,9H2,1H3,(H,19,20). The summed E-state index contributed by atoms with van der Waals surface area (Å²) < 4.78 is 26.0. The molecule has 2 rings (SSSR count). The van der Waals surface area contributed by atoms with Crippen molar-refractivity contribution in [3.05, 3.63) is 35.4 Å². The highest BCUT2D eigenvalue weighted by molar-refractivity contribution is 5.76. The first kappa shape index (κ1) is 14.9. The van der Waals surface area contributed by atoms with E-state index in [1.165, 1.54) is 25.3 Å². The first-order valence-corrected chi connectivity index (χ1v) is 7.30. The van der Waals surface area contributed by atoms with Gasteiger partial charge in [0.25, 0.3) is 0 Å². The van der Waals surface area contributed by atoms with E-state index in [0.717, 1.165) is 25.0 Å². The quantitative estimate of drug-likeness (QED) is 0.884. The van der Waals surface area contributed by atoms with Gasteiger partial charge in [0.2, 0.25) is 5.91 Å². The van der Waals surface area contributed by atoms with Crippen molar-refractivity contribution in [1.29, 1.82) is 0 Å². The number of hydrogen-bond donors (Lipinski definition) is 1. The van der Waals surface area contributed by atoms with Gasteiger partial charge in [0.05, 0.1) is 6.04 Å². The monoisotopic (exact) mass is 281 g/mol. The fraction of sp³-hybridized carbons (Fsp3) is 0.562. The maximum Gasteiger partial charge on any atom is 0.220 e. The molecular formula is C16H21F2NO. The third-order valence-electron chi connectivity index (χ3n) is 4.02. The van der Waals surface area contributed by atoms with Crippen LogP contribution in [0.3, 0.4) is 0 Å². The Morgan fingerprint density at radius 1 is 1.25 bits per heavy atom. The third kappa shape index (κ3) is 4.02. The molecule has 0 radical (unpaired) electrons. The van der Waals surface area contributed by atoms with Crippen molar-refractivity contribution in [1.82, 2.24) is 5.32 Å². The molecule has 1 fully saturated rings. The van der Waals surface area contributed by atoms with Crippen LogP contribution in [0.1, 0.15) is 57.1 Å². The number of hydrogen-bond acceptors (Lipinski definition) is 1. The lowest BCUT2D eigenvalue weighted by atomic mass is 9.87. The molecule has 1 aliphatic carbocycles. The lowest BCUT2D eigenvalue weighted by molar-refractivity contribution is -0.122. The van der Waals surface area contributed by atoms with Crippen molar-refractivity contribution < 1.29 is 13.6 Å². The fourth-order valence-electron chi connectivity index (χ4n) is 2.82.